The van der Waals surface area contributed by atoms with E-state index in [1.54, 1.807) is 6.07 Å². The fourth-order valence-electron chi connectivity index (χ4n) is 1.21. The van der Waals surface area contributed by atoms with Gasteiger partial charge in [-0.2, -0.15) is 0 Å². The largest absolute Gasteiger partial charge is 0.305 e. The van der Waals surface area contributed by atoms with Crippen LogP contribution in [0.15, 0.2) is 36.7 Å². The summed E-state index contributed by atoms with van der Waals surface area (Å²) in [4.78, 5) is 19.2. The summed E-state index contributed by atoms with van der Waals surface area (Å²) >= 11 is 5.54. The molecule has 2 rings (SSSR count). The normalized spacial score (nSPS) is 10.0. The van der Waals surface area contributed by atoms with Gasteiger partial charge in [0.2, 0.25) is 0 Å². The summed E-state index contributed by atoms with van der Waals surface area (Å²) in [5.41, 5.74) is -0.0516. The van der Waals surface area contributed by atoms with E-state index in [0.717, 1.165) is 0 Å². The highest BCUT2D eigenvalue weighted by Gasteiger charge is 2.11. The van der Waals surface area contributed by atoms with Crippen LogP contribution in [0.25, 0.3) is 0 Å². The van der Waals surface area contributed by atoms with Crippen LogP contribution in [0.3, 0.4) is 0 Å². The maximum atomic E-state index is 13.3. The Morgan fingerprint density at radius 3 is 2.65 bits per heavy atom. The second-order valence-electron chi connectivity index (χ2n) is 3.16. The van der Waals surface area contributed by atoms with Crippen molar-refractivity contribution >= 4 is 23.3 Å². The van der Waals surface area contributed by atoms with Crippen molar-refractivity contribution in [1.82, 2.24) is 9.97 Å². The Labute approximate surface area is 101 Å². The zero-order valence-electron chi connectivity index (χ0n) is 8.52. The molecule has 0 bridgehead atoms. The summed E-state index contributed by atoms with van der Waals surface area (Å²) in [5.74, 6) is -0.964. The number of hydrogen-bond donors (Lipinski definition) is 1. The fourth-order valence-corrected chi connectivity index (χ4v) is 1.30. The second-order valence-corrected chi connectivity index (χ2v) is 3.55. The summed E-state index contributed by atoms with van der Waals surface area (Å²) < 4.78 is 13.3. The maximum absolute atomic E-state index is 13.3. The van der Waals surface area contributed by atoms with Crippen molar-refractivity contribution in [2.45, 2.75) is 0 Å². The van der Waals surface area contributed by atoms with Gasteiger partial charge in [-0.15, -0.1) is 0 Å². The second kappa shape index (κ2) is 4.88. The topological polar surface area (TPSA) is 54.9 Å². The van der Waals surface area contributed by atoms with E-state index in [1.165, 1.54) is 30.6 Å². The Morgan fingerprint density at radius 1 is 1.24 bits per heavy atom. The van der Waals surface area contributed by atoms with Gasteiger partial charge in [-0.3, -0.25) is 4.79 Å². The Kier molecular flexibility index (Phi) is 3.30. The standard InChI is InChI=1S/C11H7ClFN3O/c12-9-5-15-10(6-14-9)16-11(17)7-3-1-2-4-8(7)13/h1-6H,(H,15,16,17). The molecule has 4 nitrogen and oxygen atoms in total. The first kappa shape index (κ1) is 11.5. The van der Waals surface area contributed by atoms with Crippen LogP contribution < -0.4 is 5.32 Å². The third-order valence-corrected chi connectivity index (χ3v) is 2.18. The van der Waals surface area contributed by atoms with Crippen LogP contribution in [0, 0.1) is 5.82 Å². The lowest BCUT2D eigenvalue weighted by atomic mass is 10.2. The number of halogens is 2. The molecule has 0 aliphatic rings. The summed E-state index contributed by atoms with van der Waals surface area (Å²) in [6.45, 7) is 0. The molecular formula is C11H7ClFN3O. The average Bonchev–Trinajstić information content (AvgIpc) is 2.32. The monoisotopic (exact) mass is 251 g/mol. The highest BCUT2D eigenvalue weighted by Crippen LogP contribution is 2.10. The van der Waals surface area contributed by atoms with Crippen molar-refractivity contribution in [2.75, 3.05) is 5.32 Å². The molecule has 6 heteroatoms. The molecular weight excluding hydrogens is 245 g/mol. The number of carbonyl (C=O) groups excluding carboxylic acids is 1. The molecule has 0 fully saturated rings. The number of hydrogen-bond acceptors (Lipinski definition) is 3. The molecule has 0 saturated heterocycles. The molecule has 0 unspecified atom stereocenters. The number of carbonyl (C=O) groups is 1. The van der Waals surface area contributed by atoms with Gasteiger partial charge in [0.1, 0.15) is 11.0 Å². The van der Waals surface area contributed by atoms with Crippen LogP contribution in [0.2, 0.25) is 5.15 Å². The van der Waals surface area contributed by atoms with Gasteiger partial charge in [-0.1, -0.05) is 23.7 Å². The van der Waals surface area contributed by atoms with Gasteiger partial charge in [-0.05, 0) is 12.1 Å². The number of benzene rings is 1. The third-order valence-electron chi connectivity index (χ3n) is 1.98. The molecule has 0 aliphatic heterocycles. The first-order valence-electron chi connectivity index (χ1n) is 4.70. The zero-order chi connectivity index (χ0) is 12.3. The fraction of sp³-hybridized carbons (Fsp3) is 0. The van der Waals surface area contributed by atoms with E-state index in [1.807, 2.05) is 0 Å². The van der Waals surface area contributed by atoms with Crippen LogP contribution in [0.4, 0.5) is 10.2 Å². The Morgan fingerprint density at radius 2 is 2.00 bits per heavy atom. The van der Waals surface area contributed by atoms with Crippen molar-refractivity contribution in [3.05, 3.63) is 53.2 Å². The zero-order valence-corrected chi connectivity index (χ0v) is 9.28. The van der Waals surface area contributed by atoms with E-state index in [4.69, 9.17) is 11.6 Å². The lowest BCUT2D eigenvalue weighted by Crippen LogP contribution is -2.14. The quantitative estimate of drug-likeness (QED) is 0.892. The molecule has 1 amide bonds. The first-order valence-corrected chi connectivity index (χ1v) is 5.08. The van der Waals surface area contributed by atoms with E-state index in [-0.39, 0.29) is 16.5 Å². The Balaban J connectivity index is 2.17. The summed E-state index contributed by atoms with van der Waals surface area (Å²) in [6, 6.07) is 5.68. The minimum atomic E-state index is -0.591. The van der Waals surface area contributed by atoms with Crippen molar-refractivity contribution in [2.24, 2.45) is 0 Å². The van der Waals surface area contributed by atoms with Gasteiger partial charge in [0.25, 0.3) is 5.91 Å². The average molecular weight is 252 g/mol. The molecule has 1 aromatic heterocycles. The minimum Gasteiger partial charge on any atom is -0.305 e. The smallest absolute Gasteiger partial charge is 0.259 e. The van der Waals surface area contributed by atoms with Crippen LogP contribution in [-0.2, 0) is 0 Å². The maximum Gasteiger partial charge on any atom is 0.259 e. The van der Waals surface area contributed by atoms with Gasteiger partial charge < -0.3 is 5.32 Å². The molecule has 17 heavy (non-hydrogen) atoms. The molecule has 1 aromatic carbocycles. The molecule has 0 radical (unpaired) electrons. The molecule has 0 saturated carbocycles. The Hall–Kier alpha value is -2.01. The number of anilines is 1. The summed E-state index contributed by atoms with van der Waals surface area (Å²) in [7, 11) is 0. The van der Waals surface area contributed by atoms with E-state index in [9.17, 15) is 9.18 Å². The molecule has 2 aromatic rings. The lowest BCUT2D eigenvalue weighted by molar-refractivity contribution is 0.102. The van der Waals surface area contributed by atoms with Crippen molar-refractivity contribution in [3.8, 4) is 0 Å². The summed E-state index contributed by atoms with van der Waals surface area (Å²) in [6.07, 6.45) is 2.58. The highest BCUT2D eigenvalue weighted by atomic mass is 35.5. The van der Waals surface area contributed by atoms with Crippen molar-refractivity contribution in [3.63, 3.8) is 0 Å². The summed E-state index contributed by atoms with van der Waals surface area (Å²) in [5, 5.41) is 2.63. The van der Waals surface area contributed by atoms with Gasteiger partial charge in [0.05, 0.1) is 18.0 Å². The molecule has 1 N–H and O–H groups in total. The SMILES string of the molecule is O=C(Nc1cnc(Cl)cn1)c1ccccc1F. The third kappa shape index (κ3) is 2.76. The number of aromatic nitrogens is 2. The molecule has 1 heterocycles. The predicted molar refractivity (Wildman–Crippen MR) is 61.4 cm³/mol. The molecule has 86 valence electrons. The van der Waals surface area contributed by atoms with Crippen LogP contribution >= 0.6 is 11.6 Å². The van der Waals surface area contributed by atoms with Crippen LogP contribution in [-0.4, -0.2) is 15.9 Å². The number of nitrogens with one attached hydrogen (secondary N) is 1. The van der Waals surface area contributed by atoms with Crippen LogP contribution in [0.1, 0.15) is 10.4 Å². The number of amides is 1. The molecule has 0 spiro atoms. The Bertz CT molecular complexity index is 545. The first-order chi connectivity index (χ1) is 8.16. The van der Waals surface area contributed by atoms with E-state index in [0.29, 0.717) is 0 Å². The highest BCUT2D eigenvalue weighted by molar-refractivity contribution is 6.29. The molecule has 0 atom stereocenters. The lowest BCUT2D eigenvalue weighted by Gasteiger charge is -2.04. The predicted octanol–water partition coefficient (Wildman–Crippen LogP) is 2.52. The minimum absolute atomic E-state index is 0.0516. The van der Waals surface area contributed by atoms with Crippen molar-refractivity contribution in [1.29, 1.82) is 0 Å². The van der Waals surface area contributed by atoms with Gasteiger partial charge >= 0.3 is 0 Å². The molecule has 0 aliphatic carbocycles. The van der Waals surface area contributed by atoms with Crippen LogP contribution in [0.5, 0.6) is 0 Å². The van der Waals surface area contributed by atoms with Gasteiger partial charge in [-0.25, -0.2) is 14.4 Å². The van der Waals surface area contributed by atoms with E-state index >= 15 is 0 Å². The van der Waals surface area contributed by atoms with E-state index in [2.05, 4.69) is 15.3 Å². The van der Waals surface area contributed by atoms with Gasteiger partial charge in [0, 0.05) is 0 Å². The van der Waals surface area contributed by atoms with Gasteiger partial charge in [0.15, 0.2) is 5.82 Å². The van der Waals surface area contributed by atoms with Crippen molar-refractivity contribution < 1.29 is 9.18 Å². The number of nitrogens with zero attached hydrogens (tertiary/aromatic N) is 2. The number of rotatable bonds is 2. The van der Waals surface area contributed by atoms with E-state index < -0.39 is 11.7 Å².